The molecule has 24 heavy (non-hydrogen) atoms. The Morgan fingerprint density at radius 1 is 1.46 bits per heavy atom. The number of nitrogens with zero attached hydrogens (tertiary/aromatic N) is 3. The van der Waals surface area contributed by atoms with Gasteiger partial charge in [0.05, 0.1) is 19.1 Å². The number of hydrogen-bond donors (Lipinski definition) is 2. The van der Waals surface area contributed by atoms with E-state index in [9.17, 15) is 14.4 Å². The van der Waals surface area contributed by atoms with Gasteiger partial charge in [-0.2, -0.15) is 0 Å². The van der Waals surface area contributed by atoms with Crippen molar-refractivity contribution in [3.8, 4) is 0 Å². The number of piperidine rings is 1. The number of amides is 3. The van der Waals surface area contributed by atoms with Crippen molar-refractivity contribution in [2.24, 2.45) is 10.9 Å². The van der Waals surface area contributed by atoms with Gasteiger partial charge in [0, 0.05) is 33.2 Å². The Kier molecular flexibility index (Phi) is 6.39. The van der Waals surface area contributed by atoms with E-state index in [1.807, 2.05) is 4.90 Å². The molecule has 9 heteroatoms. The molecule has 2 aliphatic heterocycles. The highest BCUT2D eigenvalue weighted by molar-refractivity contribution is 6.01. The highest BCUT2D eigenvalue weighted by Gasteiger charge is 2.30. The molecule has 0 bridgehead atoms. The van der Waals surface area contributed by atoms with Gasteiger partial charge in [-0.15, -0.1) is 0 Å². The number of nitrogens with one attached hydrogen (secondary N) is 2. The second-order valence-corrected chi connectivity index (χ2v) is 5.72. The molecule has 9 nitrogen and oxygen atoms in total. The van der Waals surface area contributed by atoms with E-state index in [4.69, 9.17) is 4.74 Å². The molecule has 1 unspecified atom stereocenters. The van der Waals surface area contributed by atoms with E-state index >= 15 is 0 Å². The molecule has 0 spiro atoms. The molecule has 3 amide bonds. The summed E-state index contributed by atoms with van der Waals surface area (Å²) in [5, 5.41) is 5.63. The van der Waals surface area contributed by atoms with Crippen molar-refractivity contribution in [2.45, 2.75) is 19.8 Å². The lowest BCUT2D eigenvalue weighted by Crippen LogP contribution is -2.50. The third-order valence-corrected chi connectivity index (χ3v) is 4.11. The summed E-state index contributed by atoms with van der Waals surface area (Å²) in [7, 11) is 1.67. The monoisotopic (exact) mass is 339 g/mol. The van der Waals surface area contributed by atoms with Gasteiger partial charge in [0.15, 0.2) is 5.96 Å². The van der Waals surface area contributed by atoms with Gasteiger partial charge in [-0.3, -0.25) is 19.5 Å². The van der Waals surface area contributed by atoms with Crippen molar-refractivity contribution in [3.05, 3.63) is 0 Å². The lowest BCUT2D eigenvalue weighted by molar-refractivity contribution is -0.149. The maximum atomic E-state index is 11.9. The first-order valence-electron chi connectivity index (χ1n) is 8.27. The minimum atomic E-state index is -0.364. The molecule has 0 saturated carbocycles. The van der Waals surface area contributed by atoms with Gasteiger partial charge in [0.25, 0.3) is 0 Å². The van der Waals surface area contributed by atoms with Crippen LogP contribution in [0.15, 0.2) is 4.99 Å². The molecule has 2 aliphatic rings. The zero-order chi connectivity index (χ0) is 17.5. The van der Waals surface area contributed by atoms with E-state index in [1.54, 1.807) is 14.0 Å². The van der Waals surface area contributed by atoms with Gasteiger partial charge in [-0.1, -0.05) is 0 Å². The van der Waals surface area contributed by atoms with Crippen LogP contribution in [0.3, 0.4) is 0 Å². The number of esters is 1. The van der Waals surface area contributed by atoms with Crippen molar-refractivity contribution < 1.29 is 19.1 Å². The molecule has 2 rings (SSSR count). The van der Waals surface area contributed by atoms with E-state index in [0.29, 0.717) is 25.7 Å². The van der Waals surface area contributed by atoms with Gasteiger partial charge >= 0.3 is 12.0 Å². The number of urea groups is 1. The van der Waals surface area contributed by atoms with E-state index in [-0.39, 0.29) is 36.9 Å². The number of carbonyl (C=O) groups is 3. The summed E-state index contributed by atoms with van der Waals surface area (Å²) in [6, 6.07) is -0.364. The quantitative estimate of drug-likeness (QED) is 0.300. The normalized spacial score (nSPS) is 21.8. The van der Waals surface area contributed by atoms with Crippen molar-refractivity contribution in [2.75, 3.05) is 46.4 Å². The number of hydrogen-bond acceptors (Lipinski definition) is 5. The largest absolute Gasteiger partial charge is 0.466 e. The van der Waals surface area contributed by atoms with Gasteiger partial charge in [-0.05, 0) is 19.8 Å². The van der Waals surface area contributed by atoms with Crippen LogP contribution in [0, 0.1) is 5.92 Å². The summed E-state index contributed by atoms with van der Waals surface area (Å²) < 4.78 is 5.10. The SMILES string of the molecule is CCOC(=O)C1CCCN(C(=NC)NCCN2C(=O)CNC2=O)C1. The standard InChI is InChI=1S/C15H25N5O4/c1-3-24-13(22)11-5-4-7-19(10-11)14(16-2)17-6-8-20-12(21)9-18-15(20)23/h11H,3-10H2,1-2H3,(H,16,17)(H,18,23). The fourth-order valence-corrected chi connectivity index (χ4v) is 2.92. The second kappa shape index (κ2) is 8.51. The van der Waals surface area contributed by atoms with Crippen LogP contribution in [0.1, 0.15) is 19.8 Å². The smallest absolute Gasteiger partial charge is 0.324 e. The van der Waals surface area contributed by atoms with Crippen molar-refractivity contribution >= 4 is 23.9 Å². The zero-order valence-corrected chi connectivity index (χ0v) is 14.2. The lowest BCUT2D eigenvalue weighted by Gasteiger charge is -2.34. The van der Waals surface area contributed by atoms with E-state index in [0.717, 1.165) is 19.4 Å². The third kappa shape index (κ3) is 4.36. The average molecular weight is 339 g/mol. The fourth-order valence-electron chi connectivity index (χ4n) is 2.92. The van der Waals surface area contributed by atoms with E-state index in [1.165, 1.54) is 4.90 Å². The molecule has 0 aliphatic carbocycles. The van der Waals surface area contributed by atoms with Gasteiger partial charge in [-0.25, -0.2) is 4.79 Å². The third-order valence-electron chi connectivity index (χ3n) is 4.11. The van der Waals surface area contributed by atoms with Crippen LogP contribution in [0.4, 0.5) is 4.79 Å². The Balaban J connectivity index is 1.83. The first-order valence-corrected chi connectivity index (χ1v) is 8.27. The molecule has 134 valence electrons. The lowest BCUT2D eigenvalue weighted by atomic mass is 9.98. The van der Waals surface area contributed by atoms with Crippen LogP contribution < -0.4 is 10.6 Å². The average Bonchev–Trinajstić information content (AvgIpc) is 2.91. The molecule has 2 N–H and O–H groups in total. The predicted octanol–water partition coefficient (Wildman–Crippen LogP) is -0.611. The Hall–Kier alpha value is -2.32. The molecule has 1 atom stereocenters. The first kappa shape index (κ1) is 18.0. The van der Waals surface area contributed by atoms with Crippen LogP contribution in [-0.2, 0) is 14.3 Å². The second-order valence-electron chi connectivity index (χ2n) is 5.72. The Bertz CT molecular complexity index is 506. The minimum Gasteiger partial charge on any atom is -0.466 e. The summed E-state index contributed by atoms with van der Waals surface area (Å²) in [6.45, 7) is 4.29. The van der Waals surface area contributed by atoms with E-state index < -0.39 is 0 Å². The minimum absolute atomic E-state index is 0.0565. The topological polar surface area (TPSA) is 103 Å². The number of carbonyl (C=O) groups excluding carboxylic acids is 3. The number of aliphatic imine (C=N–C) groups is 1. The van der Waals surface area contributed by atoms with Crippen LogP contribution in [0.25, 0.3) is 0 Å². The van der Waals surface area contributed by atoms with Crippen LogP contribution in [0.2, 0.25) is 0 Å². The maximum absolute atomic E-state index is 11.9. The number of guanidine groups is 1. The summed E-state index contributed by atoms with van der Waals surface area (Å²) >= 11 is 0. The summed E-state index contributed by atoms with van der Waals surface area (Å²) in [6.07, 6.45) is 1.70. The number of rotatable bonds is 5. The number of likely N-dealkylation sites (tertiary alicyclic amines) is 1. The Morgan fingerprint density at radius 3 is 2.88 bits per heavy atom. The molecule has 0 aromatic carbocycles. The maximum Gasteiger partial charge on any atom is 0.324 e. The zero-order valence-electron chi connectivity index (χ0n) is 14.2. The van der Waals surface area contributed by atoms with Crippen molar-refractivity contribution in [3.63, 3.8) is 0 Å². The molecule has 0 aromatic rings. The van der Waals surface area contributed by atoms with Crippen molar-refractivity contribution in [1.82, 2.24) is 20.4 Å². The summed E-state index contributed by atoms with van der Waals surface area (Å²) in [5.74, 6) is 0.119. The molecule has 2 heterocycles. The molecule has 2 fully saturated rings. The predicted molar refractivity (Wildman–Crippen MR) is 87.4 cm³/mol. The van der Waals surface area contributed by atoms with Crippen LogP contribution in [-0.4, -0.2) is 80.0 Å². The Labute approximate surface area is 141 Å². The molecular formula is C15H25N5O4. The van der Waals surface area contributed by atoms with E-state index in [2.05, 4.69) is 15.6 Å². The Morgan fingerprint density at radius 2 is 2.25 bits per heavy atom. The molecule has 0 aromatic heterocycles. The number of ether oxygens (including phenoxy) is 1. The first-order chi connectivity index (χ1) is 11.6. The summed E-state index contributed by atoms with van der Waals surface area (Å²) in [4.78, 5) is 42.4. The molecular weight excluding hydrogens is 314 g/mol. The number of imide groups is 1. The van der Waals surface area contributed by atoms with Gasteiger partial charge in [0.2, 0.25) is 5.91 Å². The van der Waals surface area contributed by atoms with Crippen LogP contribution >= 0.6 is 0 Å². The fraction of sp³-hybridized carbons (Fsp3) is 0.733. The molecule has 2 saturated heterocycles. The molecule has 0 radical (unpaired) electrons. The summed E-state index contributed by atoms with van der Waals surface area (Å²) in [5.41, 5.74) is 0. The van der Waals surface area contributed by atoms with Gasteiger partial charge in [0.1, 0.15) is 0 Å². The highest BCUT2D eigenvalue weighted by atomic mass is 16.5. The van der Waals surface area contributed by atoms with Crippen LogP contribution in [0.5, 0.6) is 0 Å². The van der Waals surface area contributed by atoms with Crippen molar-refractivity contribution in [1.29, 1.82) is 0 Å². The highest BCUT2D eigenvalue weighted by Crippen LogP contribution is 2.18. The van der Waals surface area contributed by atoms with Gasteiger partial charge < -0.3 is 20.3 Å².